The van der Waals surface area contributed by atoms with Gasteiger partial charge in [0.15, 0.2) is 0 Å². The van der Waals surface area contributed by atoms with Gasteiger partial charge in [-0.1, -0.05) is 36.7 Å². The van der Waals surface area contributed by atoms with E-state index in [1.54, 1.807) is 14.0 Å². The Balaban J connectivity index is -0.0000000899. The second-order valence-corrected chi connectivity index (χ2v) is 8.34. The van der Waals surface area contributed by atoms with Gasteiger partial charge in [0.2, 0.25) is 0 Å². The van der Waals surface area contributed by atoms with Crippen molar-refractivity contribution in [1.82, 2.24) is 5.32 Å². The van der Waals surface area contributed by atoms with Crippen LogP contribution in [0.2, 0.25) is 0 Å². The number of hydrogen-bond acceptors (Lipinski definition) is 12. The zero-order chi connectivity index (χ0) is 34.1. The van der Waals surface area contributed by atoms with Crippen LogP contribution in [0.25, 0.3) is 0 Å². The van der Waals surface area contributed by atoms with Crippen LogP contribution in [0.15, 0.2) is 0 Å². The summed E-state index contributed by atoms with van der Waals surface area (Å²) in [5, 5.41) is 50.7. The molecular weight excluding hydrogens is 620 g/mol. The van der Waals surface area contributed by atoms with Crippen LogP contribution in [-0.4, -0.2) is 116 Å². The van der Waals surface area contributed by atoms with E-state index in [9.17, 15) is 28.8 Å². The summed E-state index contributed by atoms with van der Waals surface area (Å²) in [6.45, 7) is 5.75. The molecule has 0 radical (unpaired) electrons. The van der Waals surface area contributed by atoms with E-state index in [2.05, 4.69) is 21.2 Å². The number of halogens is 1. The van der Waals surface area contributed by atoms with E-state index < -0.39 is 53.9 Å². The molecule has 0 aromatic heterocycles. The van der Waals surface area contributed by atoms with Gasteiger partial charge in [0.1, 0.15) is 23.0 Å². The Kier molecular flexibility index (Phi) is 46.0. The molecule has 17 N–H and O–H groups in total. The number of likely N-dealkylation sites (N-methyl/N-ethyl adjacent to an activating group) is 1. The van der Waals surface area contributed by atoms with Crippen molar-refractivity contribution in [2.45, 2.75) is 75.8 Å². The van der Waals surface area contributed by atoms with Crippen molar-refractivity contribution in [1.29, 1.82) is 0 Å². The third-order valence-electron chi connectivity index (χ3n) is 3.66. The van der Waals surface area contributed by atoms with Gasteiger partial charge < -0.3 is 64.6 Å². The van der Waals surface area contributed by atoms with E-state index in [0.717, 1.165) is 6.42 Å². The first-order valence-corrected chi connectivity index (χ1v) is 13.0. The lowest BCUT2D eigenvalue weighted by molar-refractivity contribution is -0.139. The molecule has 18 nitrogen and oxygen atoms in total. The minimum atomic E-state index is -1.05. The highest BCUT2D eigenvalue weighted by Gasteiger charge is 2.10. The summed E-state index contributed by atoms with van der Waals surface area (Å²) in [6.07, 6.45) is 2.22. The van der Waals surface area contributed by atoms with Crippen molar-refractivity contribution in [3.05, 3.63) is 0 Å². The third-order valence-corrected chi connectivity index (χ3v) is 4.70. The van der Waals surface area contributed by atoms with Crippen molar-refractivity contribution >= 4 is 51.7 Å². The maximum atomic E-state index is 10.0. The molecule has 246 valence electrons. The molecule has 0 saturated carbocycles. The highest BCUT2D eigenvalue weighted by atomic mass is 79.9. The first-order valence-electron chi connectivity index (χ1n) is 12.1. The largest absolute Gasteiger partial charge is 0.481 e. The molecule has 0 spiro atoms. The predicted molar refractivity (Wildman–Crippen MR) is 155 cm³/mol. The van der Waals surface area contributed by atoms with Crippen molar-refractivity contribution in [2.24, 2.45) is 28.7 Å². The lowest BCUT2D eigenvalue weighted by Crippen LogP contribution is -2.40. The monoisotopic (exact) mass is 668 g/mol. The molecule has 0 fully saturated rings. The molecule has 0 aliphatic heterocycles. The van der Waals surface area contributed by atoms with Gasteiger partial charge in [-0.25, -0.2) is 0 Å². The van der Waals surface area contributed by atoms with Gasteiger partial charge in [0.25, 0.3) is 0 Å². The summed E-state index contributed by atoms with van der Waals surface area (Å²) in [5.41, 5.74) is 24.7. The van der Waals surface area contributed by atoms with Crippen LogP contribution in [0.1, 0.15) is 52.9 Å². The minimum absolute atomic E-state index is 0.00463. The summed E-state index contributed by atoms with van der Waals surface area (Å²) >= 11 is 2.94. The van der Waals surface area contributed by atoms with Crippen molar-refractivity contribution in [2.75, 3.05) is 26.7 Å². The molecule has 0 saturated heterocycles. The zero-order valence-electron chi connectivity index (χ0n) is 23.9. The molecular formula is C22H49BrN6O12. The van der Waals surface area contributed by atoms with E-state index in [4.69, 9.17) is 59.3 Å². The van der Waals surface area contributed by atoms with Crippen LogP contribution < -0.4 is 34.0 Å². The number of nitrogens with one attached hydrogen (secondary N) is 1. The average Bonchev–Trinajstić information content (AvgIpc) is 2.89. The third kappa shape index (κ3) is 53.9. The van der Waals surface area contributed by atoms with Crippen LogP contribution in [0.3, 0.4) is 0 Å². The van der Waals surface area contributed by atoms with Crippen molar-refractivity contribution < 1.29 is 59.4 Å². The Morgan fingerprint density at radius 2 is 1.07 bits per heavy atom. The molecule has 19 heteroatoms. The lowest BCUT2D eigenvalue weighted by Gasteiger charge is -2.05. The van der Waals surface area contributed by atoms with Crippen molar-refractivity contribution in [3.8, 4) is 0 Å². The standard InChI is InChI=1S/C4H7BrO2.C4H10N2O2.C4H9NO2.C4H8O2.C3H8N2O2.C3H7NO2/c1-2-3(5)4(6)7;1-6-3(2-5)4(7)8;1-2-3(5)4(6)7;1-2-3-4(5)6;4-1-2(5)3(6)7;4-2-1-3(5)6/h3H,2H2,1H3,(H,6,7);3,6H,2,5H2,1H3,(H,7,8);3H,2,5H2,1H3,(H,6,7);2-3H2,1H3,(H,5,6);2H,1,4-5H2,(H,6,7);1-2,4H2,(H,5,6). The molecule has 0 rings (SSSR count). The van der Waals surface area contributed by atoms with E-state index in [1.165, 1.54) is 0 Å². The van der Waals surface area contributed by atoms with Crippen LogP contribution in [0.5, 0.6) is 0 Å². The van der Waals surface area contributed by atoms with Crippen LogP contribution in [0, 0.1) is 0 Å². The van der Waals surface area contributed by atoms with Gasteiger partial charge in [0, 0.05) is 26.1 Å². The summed E-state index contributed by atoms with van der Waals surface area (Å²) in [7, 11) is 1.56. The Hall–Kier alpha value is -2.94. The summed E-state index contributed by atoms with van der Waals surface area (Å²) in [4.78, 5) is 58.2. The molecule has 0 aliphatic rings. The first kappa shape index (κ1) is 50.9. The number of carboxylic acids is 6. The lowest BCUT2D eigenvalue weighted by atomic mass is 10.2. The number of rotatable bonds is 13. The molecule has 0 bridgehead atoms. The number of hydrogen-bond donors (Lipinski definition) is 12. The SMILES string of the molecule is CCC(Br)C(=O)O.CCC(N)C(=O)O.CCCC(=O)O.CNC(CN)C(=O)O.NCC(N)C(=O)O.NCCC(=O)O. The van der Waals surface area contributed by atoms with Gasteiger partial charge >= 0.3 is 35.8 Å². The molecule has 0 aliphatic carbocycles. The minimum Gasteiger partial charge on any atom is -0.481 e. The molecule has 0 aromatic rings. The fourth-order valence-corrected chi connectivity index (χ4v) is 1.13. The Morgan fingerprint density at radius 3 is 1.07 bits per heavy atom. The first-order chi connectivity index (χ1) is 18.8. The second-order valence-electron chi connectivity index (χ2n) is 7.24. The Bertz CT molecular complexity index is 636. The summed E-state index contributed by atoms with van der Waals surface area (Å²) in [5.74, 6) is -5.22. The molecule has 4 atom stereocenters. The maximum Gasteiger partial charge on any atom is 0.322 e. The number of carboxylic acid groups (broad SMARTS) is 6. The van der Waals surface area contributed by atoms with Gasteiger partial charge in [-0.2, -0.15) is 0 Å². The number of nitrogens with two attached hydrogens (primary N) is 5. The summed E-state index contributed by atoms with van der Waals surface area (Å²) in [6, 6.07) is -2.19. The molecule has 4 unspecified atom stereocenters. The Labute approximate surface area is 247 Å². The van der Waals surface area contributed by atoms with Gasteiger partial charge in [-0.15, -0.1) is 0 Å². The molecule has 0 amide bonds. The van der Waals surface area contributed by atoms with E-state index >= 15 is 0 Å². The topological polar surface area (TPSA) is 366 Å². The maximum absolute atomic E-state index is 10.0. The fraction of sp³-hybridized carbons (Fsp3) is 0.727. The molecule has 0 aromatic carbocycles. The van der Waals surface area contributed by atoms with Crippen LogP contribution in [-0.2, 0) is 28.8 Å². The quantitative estimate of drug-likeness (QED) is 0.0973. The highest BCUT2D eigenvalue weighted by molar-refractivity contribution is 9.10. The normalized spacial score (nSPS) is 11.9. The van der Waals surface area contributed by atoms with Crippen molar-refractivity contribution in [3.63, 3.8) is 0 Å². The number of alkyl halides is 1. The second kappa shape index (κ2) is 37.1. The summed E-state index contributed by atoms with van der Waals surface area (Å²) < 4.78 is 0. The molecule has 41 heavy (non-hydrogen) atoms. The number of aliphatic carboxylic acids is 6. The van der Waals surface area contributed by atoms with Gasteiger partial charge in [-0.05, 0) is 26.3 Å². The smallest absolute Gasteiger partial charge is 0.322 e. The van der Waals surface area contributed by atoms with Crippen LogP contribution >= 0.6 is 15.9 Å². The van der Waals surface area contributed by atoms with E-state index in [0.29, 0.717) is 19.3 Å². The molecule has 0 heterocycles. The van der Waals surface area contributed by atoms with E-state index in [-0.39, 0.29) is 30.9 Å². The van der Waals surface area contributed by atoms with Crippen LogP contribution in [0.4, 0.5) is 0 Å². The van der Waals surface area contributed by atoms with Gasteiger partial charge in [0.05, 0.1) is 6.42 Å². The zero-order valence-corrected chi connectivity index (χ0v) is 25.4. The van der Waals surface area contributed by atoms with Gasteiger partial charge in [-0.3, -0.25) is 28.8 Å². The predicted octanol–water partition coefficient (Wildman–Crippen LogP) is -1.68. The Morgan fingerprint density at radius 1 is 0.659 bits per heavy atom. The van der Waals surface area contributed by atoms with E-state index in [1.807, 2.05) is 13.8 Å². The number of carbonyl (C=O) groups is 6. The average molecular weight is 670 g/mol. The fourth-order valence-electron chi connectivity index (χ4n) is 1.13. The highest BCUT2D eigenvalue weighted by Crippen LogP contribution is 2.02.